The minimum atomic E-state index is -0.596. The Kier molecular flexibility index (Phi) is 7.87. The Morgan fingerprint density at radius 2 is 1.81 bits per heavy atom. The van der Waals surface area contributed by atoms with Crippen molar-refractivity contribution in [3.8, 4) is 17.2 Å². The van der Waals surface area contributed by atoms with E-state index in [0.717, 1.165) is 23.4 Å². The van der Waals surface area contributed by atoms with E-state index in [-0.39, 0.29) is 29.3 Å². The Bertz CT molecular complexity index is 1270. The summed E-state index contributed by atoms with van der Waals surface area (Å²) in [5.74, 6) is 0.435. The summed E-state index contributed by atoms with van der Waals surface area (Å²) >= 11 is 1.35. The van der Waals surface area contributed by atoms with E-state index in [4.69, 9.17) is 23.9 Å². The molecule has 1 saturated heterocycles. The minimum Gasteiger partial charge on any atom is -0.494 e. The molecule has 1 aliphatic heterocycles. The van der Waals surface area contributed by atoms with Gasteiger partial charge >= 0.3 is 0 Å². The molecular weight excluding hydrogens is 488 g/mol. The highest BCUT2D eigenvalue weighted by Crippen LogP contribution is 2.39. The Hall–Kier alpha value is -3.48. The molecule has 36 heavy (non-hydrogen) atoms. The van der Waals surface area contributed by atoms with Crippen LogP contribution in [0.3, 0.4) is 0 Å². The van der Waals surface area contributed by atoms with Crippen LogP contribution >= 0.6 is 11.3 Å². The molecule has 2 aromatic carbocycles. The van der Waals surface area contributed by atoms with Gasteiger partial charge in [0.05, 0.1) is 50.2 Å². The molecule has 3 aromatic rings. The van der Waals surface area contributed by atoms with E-state index in [1.54, 1.807) is 7.11 Å². The van der Waals surface area contributed by atoms with Gasteiger partial charge in [-0.25, -0.2) is 4.98 Å². The molecule has 1 aromatic heterocycles. The number of methoxy groups -OCH3 is 3. The van der Waals surface area contributed by atoms with Gasteiger partial charge in [-0.15, -0.1) is 0 Å². The van der Waals surface area contributed by atoms with Crippen molar-refractivity contribution < 1.29 is 28.7 Å². The van der Waals surface area contributed by atoms with Crippen molar-refractivity contribution in [2.45, 2.75) is 6.92 Å². The lowest BCUT2D eigenvalue weighted by Gasteiger charge is -2.29. The number of amides is 1. The molecule has 0 saturated carbocycles. The number of nitro groups is 1. The lowest BCUT2D eigenvalue weighted by atomic mass is 10.1. The molecule has 2 heterocycles. The smallest absolute Gasteiger partial charge is 0.286 e. The number of hydrogen-bond donors (Lipinski definition) is 0. The number of carbonyl (C=O) groups excluding carboxylic acids is 1. The molecule has 11 nitrogen and oxygen atoms in total. The number of carbonyl (C=O) groups is 1. The van der Waals surface area contributed by atoms with E-state index in [0.29, 0.717) is 36.2 Å². The lowest BCUT2D eigenvalue weighted by Crippen LogP contribution is -2.43. The van der Waals surface area contributed by atoms with E-state index in [1.807, 2.05) is 19.1 Å². The Morgan fingerprint density at radius 3 is 2.44 bits per heavy atom. The molecule has 12 heteroatoms. The summed E-state index contributed by atoms with van der Waals surface area (Å²) in [5, 5.41) is 12.3. The SMILES string of the molecule is COc1cc(C(=O)N(CCN2CCOCC2)c2nc3c(OC)ccc(C)c3s2)c([N+](=O)[O-])cc1OC. The number of morpholine rings is 1. The molecule has 0 atom stereocenters. The molecule has 1 fully saturated rings. The maximum Gasteiger partial charge on any atom is 0.286 e. The largest absolute Gasteiger partial charge is 0.494 e. The third kappa shape index (κ3) is 5.06. The second-order valence-electron chi connectivity index (χ2n) is 8.15. The molecule has 0 N–H and O–H groups in total. The summed E-state index contributed by atoms with van der Waals surface area (Å²) in [6.45, 7) is 5.52. The zero-order chi connectivity index (χ0) is 25.8. The number of thiazole rings is 1. The monoisotopic (exact) mass is 516 g/mol. The second-order valence-corrected chi connectivity index (χ2v) is 9.13. The van der Waals surface area contributed by atoms with Crippen molar-refractivity contribution in [1.29, 1.82) is 0 Å². The molecule has 0 spiro atoms. The second kappa shape index (κ2) is 11.1. The molecule has 0 radical (unpaired) electrons. The highest BCUT2D eigenvalue weighted by Gasteiger charge is 2.31. The average Bonchev–Trinajstić information content (AvgIpc) is 3.34. The van der Waals surface area contributed by atoms with Gasteiger partial charge < -0.3 is 18.9 Å². The van der Waals surface area contributed by atoms with Crippen molar-refractivity contribution in [2.75, 3.05) is 65.6 Å². The van der Waals surface area contributed by atoms with Crippen LogP contribution in [-0.4, -0.2) is 81.4 Å². The Labute approximate surface area is 212 Å². The first kappa shape index (κ1) is 25.6. The number of aromatic nitrogens is 1. The number of anilines is 1. The molecule has 0 bridgehead atoms. The average molecular weight is 517 g/mol. The van der Waals surface area contributed by atoms with E-state index in [1.165, 1.54) is 42.6 Å². The van der Waals surface area contributed by atoms with Crippen LogP contribution in [0.15, 0.2) is 24.3 Å². The summed E-state index contributed by atoms with van der Waals surface area (Å²) in [7, 11) is 4.36. The third-order valence-electron chi connectivity index (χ3n) is 6.06. The van der Waals surface area contributed by atoms with Gasteiger partial charge in [-0.1, -0.05) is 17.4 Å². The Morgan fingerprint density at radius 1 is 1.14 bits per heavy atom. The third-order valence-corrected chi connectivity index (χ3v) is 7.27. The van der Waals surface area contributed by atoms with Crippen LogP contribution in [0.4, 0.5) is 10.8 Å². The zero-order valence-corrected chi connectivity index (χ0v) is 21.4. The fraction of sp³-hybridized carbons (Fsp3) is 0.417. The van der Waals surface area contributed by atoms with Crippen LogP contribution in [-0.2, 0) is 4.74 Å². The molecular formula is C24H28N4O7S. The van der Waals surface area contributed by atoms with Gasteiger partial charge in [0.15, 0.2) is 16.6 Å². The number of fused-ring (bicyclic) bond motifs is 1. The topological polar surface area (TPSA) is 117 Å². The first-order valence-corrected chi connectivity index (χ1v) is 12.2. The number of benzene rings is 2. The number of hydrogen-bond acceptors (Lipinski definition) is 10. The van der Waals surface area contributed by atoms with E-state index >= 15 is 0 Å². The molecule has 0 unspecified atom stereocenters. The summed E-state index contributed by atoms with van der Waals surface area (Å²) < 4.78 is 22.3. The summed E-state index contributed by atoms with van der Waals surface area (Å²) in [5.41, 5.74) is 1.15. The Balaban J connectivity index is 1.80. The molecule has 1 amide bonds. The number of ether oxygens (including phenoxy) is 4. The zero-order valence-electron chi connectivity index (χ0n) is 20.6. The lowest BCUT2D eigenvalue weighted by molar-refractivity contribution is -0.385. The van der Waals surface area contributed by atoms with Gasteiger partial charge in [-0.2, -0.15) is 0 Å². The van der Waals surface area contributed by atoms with E-state index in [2.05, 4.69) is 4.90 Å². The minimum absolute atomic E-state index is 0.109. The van der Waals surface area contributed by atoms with E-state index in [9.17, 15) is 14.9 Å². The predicted molar refractivity (Wildman–Crippen MR) is 136 cm³/mol. The molecule has 192 valence electrons. The van der Waals surface area contributed by atoms with Crippen molar-refractivity contribution in [2.24, 2.45) is 0 Å². The maximum absolute atomic E-state index is 13.9. The van der Waals surface area contributed by atoms with Gasteiger partial charge in [0.2, 0.25) is 0 Å². The van der Waals surface area contributed by atoms with Crippen LogP contribution < -0.4 is 19.1 Å². The normalized spacial score (nSPS) is 14.0. The van der Waals surface area contributed by atoms with Crippen molar-refractivity contribution in [3.63, 3.8) is 0 Å². The van der Waals surface area contributed by atoms with Gasteiger partial charge in [0, 0.05) is 32.2 Å². The predicted octanol–water partition coefficient (Wildman–Crippen LogP) is 3.52. The number of rotatable bonds is 9. The van der Waals surface area contributed by atoms with E-state index < -0.39 is 10.8 Å². The van der Waals surface area contributed by atoms with Gasteiger partial charge in [0.1, 0.15) is 16.8 Å². The van der Waals surface area contributed by atoms with Crippen molar-refractivity contribution >= 4 is 38.3 Å². The highest BCUT2D eigenvalue weighted by molar-refractivity contribution is 7.22. The highest BCUT2D eigenvalue weighted by atomic mass is 32.1. The fourth-order valence-electron chi connectivity index (χ4n) is 4.06. The summed E-state index contributed by atoms with van der Waals surface area (Å²) in [6.07, 6.45) is 0. The van der Waals surface area contributed by atoms with Gasteiger partial charge in [-0.05, 0) is 18.6 Å². The van der Waals surface area contributed by atoms with Crippen LogP contribution in [0.1, 0.15) is 15.9 Å². The molecule has 1 aliphatic rings. The number of nitro benzene ring substituents is 1. The van der Waals surface area contributed by atoms with Crippen molar-refractivity contribution in [1.82, 2.24) is 9.88 Å². The number of aryl methyl sites for hydroxylation is 1. The first-order valence-electron chi connectivity index (χ1n) is 11.3. The fourth-order valence-corrected chi connectivity index (χ4v) is 5.14. The van der Waals surface area contributed by atoms with Crippen LogP contribution in [0.5, 0.6) is 17.2 Å². The van der Waals surface area contributed by atoms with Gasteiger partial charge in [-0.3, -0.25) is 24.7 Å². The van der Waals surface area contributed by atoms with Crippen molar-refractivity contribution in [3.05, 3.63) is 45.5 Å². The quantitative estimate of drug-likeness (QED) is 0.311. The van der Waals surface area contributed by atoms with Gasteiger partial charge in [0.25, 0.3) is 11.6 Å². The van der Waals surface area contributed by atoms with Crippen LogP contribution in [0.25, 0.3) is 10.2 Å². The molecule has 4 rings (SSSR count). The molecule has 0 aliphatic carbocycles. The maximum atomic E-state index is 13.9. The first-order chi connectivity index (χ1) is 17.4. The van der Waals surface area contributed by atoms with Crippen LogP contribution in [0, 0.1) is 17.0 Å². The van der Waals surface area contributed by atoms with Crippen LogP contribution in [0.2, 0.25) is 0 Å². The standard InChI is InChI=1S/C24H28N4O7S/c1-15-5-6-18(32-2)21-22(15)36-24(25-21)27(8-7-26-9-11-35-12-10-26)23(29)16-13-19(33-3)20(34-4)14-17(16)28(30)31/h5-6,13-14H,7-12H2,1-4H3. The summed E-state index contributed by atoms with van der Waals surface area (Å²) in [6, 6.07) is 6.32. The summed E-state index contributed by atoms with van der Waals surface area (Å²) in [4.78, 5) is 33.7. The number of nitrogens with zero attached hydrogens (tertiary/aromatic N) is 4.